The van der Waals surface area contributed by atoms with E-state index in [9.17, 15) is 4.79 Å². The van der Waals surface area contributed by atoms with Crippen LogP contribution < -0.4 is 10.6 Å². The summed E-state index contributed by atoms with van der Waals surface area (Å²) in [6, 6.07) is 0.113. The molecule has 90 valence electrons. The highest BCUT2D eigenvalue weighted by molar-refractivity contribution is 7.98. The average Bonchev–Trinajstić information content (AvgIpc) is 2.13. The highest BCUT2D eigenvalue weighted by atomic mass is 32.2. The van der Waals surface area contributed by atoms with Gasteiger partial charge in [-0.05, 0) is 45.2 Å². The molecule has 2 unspecified atom stereocenters. The molecule has 3 nitrogen and oxygen atoms in total. The SMILES string of the molecule is CSCC(C)CNC(C)C(=O)NC(C)C. The Kier molecular flexibility index (Phi) is 7.88. The maximum absolute atomic E-state index is 11.5. The molecule has 0 aliphatic rings. The summed E-state index contributed by atoms with van der Waals surface area (Å²) in [7, 11) is 0. The van der Waals surface area contributed by atoms with Gasteiger partial charge in [-0.1, -0.05) is 6.92 Å². The first-order chi connectivity index (χ1) is 6.97. The van der Waals surface area contributed by atoms with Crippen LogP contribution in [0.4, 0.5) is 0 Å². The quantitative estimate of drug-likeness (QED) is 0.699. The summed E-state index contributed by atoms with van der Waals surface area (Å²) in [5, 5.41) is 6.14. The van der Waals surface area contributed by atoms with Gasteiger partial charge in [0.2, 0.25) is 5.91 Å². The molecule has 0 rings (SSSR count). The van der Waals surface area contributed by atoms with Crippen LogP contribution in [0.15, 0.2) is 0 Å². The maximum atomic E-state index is 11.5. The van der Waals surface area contributed by atoms with E-state index in [0.717, 1.165) is 12.3 Å². The van der Waals surface area contributed by atoms with E-state index in [4.69, 9.17) is 0 Å². The number of thioether (sulfide) groups is 1. The summed E-state index contributed by atoms with van der Waals surface area (Å²) in [6.45, 7) is 8.94. The Balaban J connectivity index is 3.72. The van der Waals surface area contributed by atoms with Crippen LogP contribution in [0.3, 0.4) is 0 Å². The summed E-state index contributed by atoms with van der Waals surface area (Å²) in [5.74, 6) is 1.82. The first-order valence-corrected chi connectivity index (χ1v) is 6.89. The molecular formula is C11H24N2OS. The van der Waals surface area contributed by atoms with Crippen molar-refractivity contribution < 1.29 is 4.79 Å². The van der Waals surface area contributed by atoms with E-state index in [2.05, 4.69) is 23.8 Å². The largest absolute Gasteiger partial charge is 0.353 e. The fourth-order valence-corrected chi connectivity index (χ4v) is 1.91. The smallest absolute Gasteiger partial charge is 0.237 e. The zero-order valence-electron chi connectivity index (χ0n) is 10.5. The fourth-order valence-electron chi connectivity index (χ4n) is 1.22. The zero-order valence-corrected chi connectivity index (χ0v) is 11.3. The van der Waals surface area contributed by atoms with E-state index >= 15 is 0 Å². The average molecular weight is 232 g/mol. The van der Waals surface area contributed by atoms with Crippen molar-refractivity contribution in [1.82, 2.24) is 10.6 Å². The Hall–Kier alpha value is -0.220. The second-order valence-electron chi connectivity index (χ2n) is 4.35. The molecule has 0 aliphatic carbocycles. The molecule has 0 aliphatic heterocycles. The Labute approximate surface area is 97.8 Å². The minimum Gasteiger partial charge on any atom is -0.353 e. The van der Waals surface area contributed by atoms with Gasteiger partial charge in [0.25, 0.3) is 0 Å². The first-order valence-electron chi connectivity index (χ1n) is 5.50. The highest BCUT2D eigenvalue weighted by Gasteiger charge is 2.13. The van der Waals surface area contributed by atoms with E-state index < -0.39 is 0 Å². The van der Waals surface area contributed by atoms with E-state index in [1.54, 1.807) is 0 Å². The Morgan fingerprint density at radius 3 is 2.33 bits per heavy atom. The third kappa shape index (κ3) is 7.68. The van der Waals surface area contributed by atoms with Gasteiger partial charge in [0, 0.05) is 6.04 Å². The normalized spacial score (nSPS) is 15.1. The number of rotatable bonds is 7. The molecule has 0 aromatic carbocycles. The van der Waals surface area contributed by atoms with Crippen LogP contribution in [0.25, 0.3) is 0 Å². The minimum absolute atomic E-state index is 0.0846. The van der Waals surface area contributed by atoms with Crippen molar-refractivity contribution in [3.63, 3.8) is 0 Å². The predicted molar refractivity (Wildman–Crippen MR) is 68.3 cm³/mol. The molecule has 4 heteroatoms. The van der Waals surface area contributed by atoms with Crippen LogP contribution in [0.2, 0.25) is 0 Å². The second-order valence-corrected chi connectivity index (χ2v) is 5.26. The van der Waals surface area contributed by atoms with Crippen LogP contribution >= 0.6 is 11.8 Å². The van der Waals surface area contributed by atoms with E-state index in [0.29, 0.717) is 5.92 Å². The molecular weight excluding hydrogens is 208 g/mol. The molecule has 0 aromatic rings. The summed E-state index contributed by atoms with van der Waals surface area (Å²) < 4.78 is 0. The van der Waals surface area contributed by atoms with Gasteiger partial charge in [-0.2, -0.15) is 11.8 Å². The van der Waals surface area contributed by atoms with Crippen molar-refractivity contribution in [2.75, 3.05) is 18.6 Å². The first kappa shape index (κ1) is 14.8. The van der Waals surface area contributed by atoms with Gasteiger partial charge in [0.05, 0.1) is 6.04 Å². The third-order valence-corrected chi connectivity index (χ3v) is 2.95. The summed E-state index contributed by atoms with van der Waals surface area (Å²) in [6.07, 6.45) is 2.10. The van der Waals surface area contributed by atoms with Crippen LogP contribution in [-0.4, -0.2) is 36.5 Å². The molecule has 2 atom stereocenters. The van der Waals surface area contributed by atoms with Crippen molar-refractivity contribution in [2.45, 2.75) is 39.8 Å². The van der Waals surface area contributed by atoms with Gasteiger partial charge in [0.1, 0.15) is 0 Å². The van der Waals surface area contributed by atoms with Gasteiger partial charge in [-0.3, -0.25) is 4.79 Å². The molecule has 0 saturated carbocycles. The molecule has 15 heavy (non-hydrogen) atoms. The molecule has 0 fully saturated rings. The van der Waals surface area contributed by atoms with Gasteiger partial charge in [0.15, 0.2) is 0 Å². The van der Waals surface area contributed by atoms with E-state index in [-0.39, 0.29) is 18.0 Å². The van der Waals surface area contributed by atoms with E-state index in [1.807, 2.05) is 32.5 Å². The third-order valence-electron chi connectivity index (χ3n) is 2.05. The molecule has 1 amide bonds. The van der Waals surface area contributed by atoms with Crippen LogP contribution in [0.1, 0.15) is 27.7 Å². The molecule has 2 N–H and O–H groups in total. The Morgan fingerprint density at radius 1 is 1.27 bits per heavy atom. The zero-order chi connectivity index (χ0) is 11.8. The molecule has 0 bridgehead atoms. The Bertz CT molecular complexity index is 185. The predicted octanol–water partition coefficient (Wildman–Crippen LogP) is 1.49. The number of carbonyl (C=O) groups is 1. The lowest BCUT2D eigenvalue weighted by Crippen LogP contribution is -2.45. The van der Waals surface area contributed by atoms with Gasteiger partial charge >= 0.3 is 0 Å². The molecule has 0 radical (unpaired) electrons. The van der Waals surface area contributed by atoms with Gasteiger partial charge in [-0.25, -0.2) is 0 Å². The van der Waals surface area contributed by atoms with Crippen molar-refractivity contribution in [1.29, 1.82) is 0 Å². The van der Waals surface area contributed by atoms with Crippen molar-refractivity contribution in [2.24, 2.45) is 5.92 Å². The summed E-state index contributed by atoms with van der Waals surface area (Å²) >= 11 is 1.84. The highest BCUT2D eigenvalue weighted by Crippen LogP contribution is 2.02. The lowest BCUT2D eigenvalue weighted by atomic mass is 10.2. The van der Waals surface area contributed by atoms with Crippen molar-refractivity contribution in [3.8, 4) is 0 Å². The minimum atomic E-state index is -0.100. The van der Waals surface area contributed by atoms with Crippen LogP contribution in [-0.2, 0) is 4.79 Å². The lowest BCUT2D eigenvalue weighted by molar-refractivity contribution is -0.123. The lowest BCUT2D eigenvalue weighted by Gasteiger charge is -2.18. The van der Waals surface area contributed by atoms with E-state index in [1.165, 1.54) is 0 Å². The Morgan fingerprint density at radius 2 is 1.87 bits per heavy atom. The number of hydrogen-bond donors (Lipinski definition) is 2. The molecule has 0 heterocycles. The maximum Gasteiger partial charge on any atom is 0.237 e. The standard InChI is InChI=1S/C11H24N2OS/c1-8(2)13-11(14)10(4)12-6-9(3)7-15-5/h8-10,12H,6-7H2,1-5H3,(H,13,14). The number of carbonyl (C=O) groups excluding carboxylic acids is 1. The number of hydrogen-bond acceptors (Lipinski definition) is 3. The molecule has 0 spiro atoms. The van der Waals surface area contributed by atoms with Gasteiger partial charge in [-0.15, -0.1) is 0 Å². The number of amides is 1. The van der Waals surface area contributed by atoms with Gasteiger partial charge < -0.3 is 10.6 Å². The summed E-state index contributed by atoms with van der Waals surface area (Å²) in [5.41, 5.74) is 0. The summed E-state index contributed by atoms with van der Waals surface area (Å²) in [4.78, 5) is 11.5. The fraction of sp³-hybridized carbons (Fsp3) is 0.909. The second kappa shape index (κ2) is 7.99. The molecule has 0 saturated heterocycles. The topological polar surface area (TPSA) is 41.1 Å². The number of nitrogens with one attached hydrogen (secondary N) is 2. The van der Waals surface area contributed by atoms with Crippen LogP contribution in [0.5, 0.6) is 0 Å². The molecule has 0 aromatic heterocycles. The monoisotopic (exact) mass is 232 g/mol. The van der Waals surface area contributed by atoms with Crippen molar-refractivity contribution >= 4 is 17.7 Å². The van der Waals surface area contributed by atoms with Crippen molar-refractivity contribution in [3.05, 3.63) is 0 Å². The van der Waals surface area contributed by atoms with Crippen LogP contribution in [0, 0.1) is 5.92 Å².